The molecule has 28 heavy (non-hydrogen) atoms. The Bertz CT molecular complexity index is 954. The lowest BCUT2D eigenvalue weighted by atomic mass is 9.89. The summed E-state index contributed by atoms with van der Waals surface area (Å²) in [6, 6.07) is 11.7. The molecule has 0 radical (unpaired) electrons. The minimum absolute atomic E-state index is 0.0240. The molecule has 1 fully saturated rings. The van der Waals surface area contributed by atoms with E-state index in [9.17, 15) is 4.79 Å². The smallest absolute Gasteiger partial charge is 0.255 e. The van der Waals surface area contributed by atoms with Crippen LogP contribution in [0.2, 0.25) is 0 Å². The van der Waals surface area contributed by atoms with E-state index in [1.165, 1.54) is 11.8 Å². The normalized spacial score (nSPS) is 14.7. The summed E-state index contributed by atoms with van der Waals surface area (Å²) in [5, 5.41) is 10.8. The summed E-state index contributed by atoms with van der Waals surface area (Å²) < 4.78 is 0. The zero-order chi connectivity index (χ0) is 19.3. The number of aryl methyl sites for hydroxylation is 1. The Kier molecular flexibility index (Phi) is 5.23. The van der Waals surface area contributed by atoms with Crippen LogP contribution in [0.5, 0.6) is 0 Å². The van der Waals surface area contributed by atoms with Crippen molar-refractivity contribution in [3.8, 4) is 0 Å². The molecule has 3 aromatic rings. The SMILES string of the molecule is Cc1cccc(Nc2cc(C3CCN(C(=O)c4ccnnc4)CC3)ccn2)n1. The van der Waals surface area contributed by atoms with Gasteiger partial charge in [-0.05, 0) is 61.6 Å². The third kappa shape index (κ3) is 4.14. The van der Waals surface area contributed by atoms with Crippen LogP contribution in [0.1, 0.15) is 40.4 Å². The molecule has 0 atom stereocenters. The first-order chi connectivity index (χ1) is 13.7. The molecule has 0 aromatic carbocycles. The summed E-state index contributed by atoms with van der Waals surface area (Å²) >= 11 is 0. The number of nitrogens with zero attached hydrogens (tertiary/aromatic N) is 5. The second-order valence-corrected chi connectivity index (χ2v) is 6.96. The van der Waals surface area contributed by atoms with Crippen molar-refractivity contribution in [1.82, 2.24) is 25.1 Å². The van der Waals surface area contributed by atoms with Crippen molar-refractivity contribution in [2.24, 2.45) is 0 Å². The first-order valence-electron chi connectivity index (χ1n) is 9.41. The van der Waals surface area contributed by atoms with Gasteiger partial charge in [0.2, 0.25) is 0 Å². The first-order valence-corrected chi connectivity index (χ1v) is 9.41. The van der Waals surface area contributed by atoms with Crippen LogP contribution in [0, 0.1) is 6.92 Å². The van der Waals surface area contributed by atoms with Crippen LogP contribution in [0.25, 0.3) is 0 Å². The van der Waals surface area contributed by atoms with Crippen LogP contribution in [0.15, 0.2) is 55.0 Å². The molecule has 4 heterocycles. The molecule has 0 aliphatic carbocycles. The van der Waals surface area contributed by atoms with Crippen LogP contribution in [-0.2, 0) is 0 Å². The zero-order valence-electron chi connectivity index (χ0n) is 15.7. The fourth-order valence-corrected chi connectivity index (χ4v) is 3.53. The lowest BCUT2D eigenvalue weighted by Gasteiger charge is -2.32. The Balaban J connectivity index is 1.40. The first kappa shape index (κ1) is 18.0. The van der Waals surface area contributed by atoms with Gasteiger partial charge in [0.1, 0.15) is 11.6 Å². The number of piperidine rings is 1. The molecular formula is C21H22N6O. The van der Waals surface area contributed by atoms with E-state index >= 15 is 0 Å². The molecule has 7 heteroatoms. The van der Waals surface area contributed by atoms with E-state index in [1.807, 2.05) is 36.2 Å². The maximum absolute atomic E-state index is 12.6. The predicted octanol–water partition coefficient (Wildman–Crippen LogP) is 3.34. The van der Waals surface area contributed by atoms with E-state index in [-0.39, 0.29) is 5.91 Å². The molecule has 4 rings (SSSR count). The van der Waals surface area contributed by atoms with Gasteiger partial charge in [-0.15, -0.1) is 0 Å². The maximum Gasteiger partial charge on any atom is 0.255 e. The Morgan fingerprint density at radius 2 is 1.93 bits per heavy atom. The molecule has 3 aromatic heterocycles. The third-order valence-corrected chi connectivity index (χ3v) is 5.01. The second-order valence-electron chi connectivity index (χ2n) is 6.96. The van der Waals surface area contributed by atoms with E-state index < -0.39 is 0 Å². The van der Waals surface area contributed by atoms with Gasteiger partial charge in [0.05, 0.1) is 18.0 Å². The second kappa shape index (κ2) is 8.12. The average Bonchev–Trinajstić information content (AvgIpc) is 2.74. The molecule has 1 N–H and O–H groups in total. The summed E-state index contributed by atoms with van der Waals surface area (Å²) in [6.45, 7) is 3.43. The van der Waals surface area contributed by atoms with Gasteiger partial charge in [0.15, 0.2) is 0 Å². The predicted molar refractivity (Wildman–Crippen MR) is 106 cm³/mol. The van der Waals surface area contributed by atoms with Gasteiger partial charge in [-0.1, -0.05) is 6.07 Å². The molecule has 7 nitrogen and oxygen atoms in total. The molecule has 0 unspecified atom stereocenters. The monoisotopic (exact) mass is 374 g/mol. The van der Waals surface area contributed by atoms with Crippen LogP contribution >= 0.6 is 0 Å². The highest BCUT2D eigenvalue weighted by molar-refractivity contribution is 5.93. The van der Waals surface area contributed by atoms with E-state index in [1.54, 1.807) is 12.3 Å². The number of pyridine rings is 2. The molecule has 1 aliphatic heterocycles. The number of carbonyl (C=O) groups is 1. The molecule has 1 saturated heterocycles. The third-order valence-electron chi connectivity index (χ3n) is 5.01. The van der Waals surface area contributed by atoms with Crippen molar-refractivity contribution in [2.45, 2.75) is 25.7 Å². The van der Waals surface area contributed by atoms with Gasteiger partial charge in [-0.2, -0.15) is 10.2 Å². The largest absolute Gasteiger partial charge is 0.339 e. The van der Waals surface area contributed by atoms with Crippen molar-refractivity contribution in [2.75, 3.05) is 18.4 Å². The quantitative estimate of drug-likeness (QED) is 0.754. The number of aromatic nitrogens is 4. The van der Waals surface area contributed by atoms with E-state index in [0.29, 0.717) is 11.5 Å². The fourth-order valence-electron chi connectivity index (χ4n) is 3.53. The van der Waals surface area contributed by atoms with Gasteiger partial charge < -0.3 is 10.2 Å². The molecule has 1 aliphatic rings. The summed E-state index contributed by atoms with van der Waals surface area (Å²) in [4.78, 5) is 23.3. The van der Waals surface area contributed by atoms with Gasteiger partial charge in [-0.3, -0.25) is 4.79 Å². The van der Waals surface area contributed by atoms with E-state index in [2.05, 4.69) is 37.6 Å². The fraction of sp³-hybridized carbons (Fsp3) is 0.286. The maximum atomic E-state index is 12.6. The highest BCUT2D eigenvalue weighted by Crippen LogP contribution is 2.30. The van der Waals surface area contributed by atoms with Crippen LogP contribution in [-0.4, -0.2) is 44.1 Å². The number of carbonyl (C=O) groups excluding carboxylic acids is 1. The molecule has 142 valence electrons. The van der Waals surface area contributed by atoms with Crippen molar-refractivity contribution in [3.63, 3.8) is 0 Å². The lowest BCUT2D eigenvalue weighted by Crippen LogP contribution is -2.38. The zero-order valence-corrected chi connectivity index (χ0v) is 15.7. The molecule has 0 saturated carbocycles. The molecular weight excluding hydrogens is 352 g/mol. The van der Waals surface area contributed by atoms with Crippen LogP contribution in [0.3, 0.4) is 0 Å². The molecule has 0 bridgehead atoms. The lowest BCUT2D eigenvalue weighted by molar-refractivity contribution is 0.0712. The van der Waals surface area contributed by atoms with Crippen LogP contribution < -0.4 is 5.32 Å². The van der Waals surface area contributed by atoms with Crippen molar-refractivity contribution < 1.29 is 4.79 Å². The summed E-state index contributed by atoms with van der Waals surface area (Å²) in [5.74, 6) is 2.01. The minimum Gasteiger partial charge on any atom is -0.339 e. The number of anilines is 2. The topological polar surface area (TPSA) is 83.9 Å². The Morgan fingerprint density at radius 3 is 2.68 bits per heavy atom. The van der Waals surface area contributed by atoms with E-state index in [0.717, 1.165) is 43.3 Å². The van der Waals surface area contributed by atoms with Crippen molar-refractivity contribution >= 4 is 17.5 Å². The number of hydrogen-bond donors (Lipinski definition) is 1. The van der Waals surface area contributed by atoms with E-state index in [4.69, 9.17) is 0 Å². The highest BCUT2D eigenvalue weighted by Gasteiger charge is 2.25. The average molecular weight is 374 g/mol. The highest BCUT2D eigenvalue weighted by atomic mass is 16.2. The number of amides is 1. The Labute approximate surface area is 163 Å². The number of hydrogen-bond acceptors (Lipinski definition) is 6. The van der Waals surface area contributed by atoms with Gasteiger partial charge in [0, 0.05) is 25.0 Å². The van der Waals surface area contributed by atoms with Crippen LogP contribution in [0.4, 0.5) is 11.6 Å². The number of rotatable bonds is 4. The summed E-state index contributed by atoms with van der Waals surface area (Å²) in [7, 11) is 0. The Hall–Kier alpha value is -3.35. The number of nitrogens with one attached hydrogen (secondary N) is 1. The summed E-state index contributed by atoms with van der Waals surface area (Å²) in [6.07, 6.45) is 6.75. The van der Waals surface area contributed by atoms with Gasteiger partial charge in [-0.25, -0.2) is 9.97 Å². The Morgan fingerprint density at radius 1 is 1.07 bits per heavy atom. The van der Waals surface area contributed by atoms with Crippen molar-refractivity contribution in [3.05, 3.63) is 71.8 Å². The van der Waals surface area contributed by atoms with Gasteiger partial charge >= 0.3 is 0 Å². The standard InChI is InChI=1S/C21H22N6O/c1-15-3-2-4-19(25-15)26-20-13-17(5-9-22-20)16-7-11-27(12-8-16)21(28)18-6-10-23-24-14-18/h2-6,9-10,13-14,16H,7-8,11-12H2,1H3,(H,22,25,26). The summed E-state index contributed by atoms with van der Waals surface area (Å²) in [5.41, 5.74) is 2.79. The minimum atomic E-state index is 0.0240. The van der Waals surface area contributed by atoms with Gasteiger partial charge in [0.25, 0.3) is 5.91 Å². The number of likely N-dealkylation sites (tertiary alicyclic amines) is 1. The molecule has 1 amide bonds. The molecule has 0 spiro atoms. The van der Waals surface area contributed by atoms with Crippen molar-refractivity contribution in [1.29, 1.82) is 0 Å².